The maximum absolute atomic E-state index is 5.33. The molecular weight excluding hydrogens is 370 g/mol. The van der Waals surface area contributed by atoms with Crippen LogP contribution in [0.2, 0.25) is 0 Å². The lowest BCUT2D eigenvalue weighted by molar-refractivity contribution is 0.428. The molecule has 1 aromatic carbocycles. The van der Waals surface area contributed by atoms with Crippen LogP contribution in [0, 0.1) is 0 Å². The molecule has 0 bridgehead atoms. The number of halogens is 1. The average Bonchev–Trinajstić information content (AvgIpc) is 3.27. The van der Waals surface area contributed by atoms with Gasteiger partial charge >= 0.3 is 6.01 Å². The summed E-state index contributed by atoms with van der Waals surface area (Å²) in [7, 11) is 0. The van der Waals surface area contributed by atoms with Gasteiger partial charge in [0.05, 0.1) is 0 Å². The van der Waals surface area contributed by atoms with Crippen LogP contribution in [0.25, 0.3) is 11.4 Å². The fraction of sp³-hybridized carbons (Fsp3) is 0.235. The second kappa shape index (κ2) is 6.60. The number of pyridine rings is 1. The zero-order chi connectivity index (χ0) is 16.4. The van der Waals surface area contributed by atoms with E-state index in [1.54, 1.807) is 0 Å². The summed E-state index contributed by atoms with van der Waals surface area (Å²) >= 11 is 3.42. The summed E-state index contributed by atoms with van der Waals surface area (Å²) in [6.07, 6.45) is 2.82. The first kappa shape index (κ1) is 15.1. The summed E-state index contributed by atoms with van der Waals surface area (Å²) in [5, 5.41) is 7.37. The molecule has 7 heteroatoms. The molecule has 0 aliphatic carbocycles. The van der Waals surface area contributed by atoms with Crippen molar-refractivity contribution in [2.24, 2.45) is 0 Å². The van der Waals surface area contributed by atoms with Gasteiger partial charge in [-0.25, -0.2) is 4.98 Å². The Labute approximate surface area is 148 Å². The third kappa shape index (κ3) is 3.26. The van der Waals surface area contributed by atoms with Gasteiger partial charge in [0.1, 0.15) is 5.82 Å². The van der Waals surface area contributed by atoms with Crippen molar-refractivity contribution >= 4 is 27.8 Å². The minimum absolute atomic E-state index is 0.269. The minimum Gasteiger partial charge on any atom is -0.354 e. The van der Waals surface area contributed by atoms with E-state index >= 15 is 0 Å². The number of hydrogen-bond acceptors (Lipinski definition) is 6. The van der Waals surface area contributed by atoms with Gasteiger partial charge in [0.15, 0.2) is 0 Å². The van der Waals surface area contributed by atoms with E-state index in [1.807, 2.05) is 48.7 Å². The van der Waals surface area contributed by atoms with Crippen molar-refractivity contribution in [1.82, 2.24) is 15.1 Å². The lowest BCUT2D eigenvalue weighted by atomic mass is 10.2. The zero-order valence-electron chi connectivity index (χ0n) is 12.9. The zero-order valence-corrected chi connectivity index (χ0v) is 14.5. The van der Waals surface area contributed by atoms with Gasteiger partial charge < -0.3 is 14.7 Å². The number of rotatable bonds is 4. The summed E-state index contributed by atoms with van der Waals surface area (Å²) in [5.74, 6) is 1.59. The molecular formula is C17H16BrN5O. The highest BCUT2D eigenvalue weighted by molar-refractivity contribution is 9.10. The van der Waals surface area contributed by atoms with E-state index in [2.05, 4.69) is 41.3 Å². The molecule has 0 spiro atoms. The van der Waals surface area contributed by atoms with Crippen LogP contribution in [0.5, 0.6) is 0 Å². The van der Waals surface area contributed by atoms with Crippen molar-refractivity contribution in [3.05, 3.63) is 53.1 Å². The largest absolute Gasteiger partial charge is 0.354 e. The van der Waals surface area contributed by atoms with Crippen LogP contribution >= 0.6 is 15.9 Å². The fourth-order valence-corrected chi connectivity index (χ4v) is 3.06. The molecule has 1 fully saturated rings. The maximum atomic E-state index is 5.33. The molecule has 4 rings (SSSR count). The van der Waals surface area contributed by atoms with Gasteiger partial charge in [-0.3, -0.25) is 0 Å². The summed E-state index contributed by atoms with van der Waals surface area (Å²) in [5.41, 5.74) is 0.927. The van der Waals surface area contributed by atoms with Crippen LogP contribution in [0.3, 0.4) is 0 Å². The van der Waals surface area contributed by atoms with Gasteiger partial charge in [0.25, 0.3) is 0 Å². The van der Waals surface area contributed by atoms with Crippen LogP contribution in [-0.2, 0) is 0 Å². The smallest absolute Gasteiger partial charge is 0.322 e. The average molecular weight is 386 g/mol. The van der Waals surface area contributed by atoms with E-state index in [-0.39, 0.29) is 6.04 Å². The number of benzene rings is 1. The van der Waals surface area contributed by atoms with Crippen molar-refractivity contribution in [3.63, 3.8) is 0 Å². The third-order valence-electron chi connectivity index (χ3n) is 4.02. The highest BCUT2D eigenvalue weighted by Gasteiger charge is 2.24. The SMILES string of the molecule is Brc1ccc(-c2noc(N[C@@H]3CCN(c4ccccn4)C3)n2)cc1. The first-order valence-corrected chi connectivity index (χ1v) is 8.59. The van der Waals surface area contributed by atoms with Gasteiger partial charge in [0, 0.05) is 35.4 Å². The number of nitrogens with zero attached hydrogens (tertiary/aromatic N) is 4. The summed E-state index contributed by atoms with van der Waals surface area (Å²) in [6, 6.07) is 14.5. The van der Waals surface area contributed by atoms with Crippen molar-refractivity contribution in [2.45, 2.75) is 12.5 Å². The quantitative estimate of drug-likeness (QED) is 0.739. The predicted molar refractivity (Wildman–Crippen MR) is 95.9 cm³/mol. The lowest BCUT2D eigenvalue weighted by Crippen LogP contribution is -2.26. The molecule has 0 unspecified atom stereocenters. The molecule has 1 saturated heterocycles. The second-order valence-corrected chi connectivity index (χ2v) is 6.61. The molecule has 6 nitrogen and oxygen atoms in total. The van der Waals surface area contributed by atoms with E-state index in [9.17, 15) is 0 Å². The minimum atomic E-state index is 0.269. The Kier molecular flexibility index (Phi) is 4.17. The molecule has 122 valence electrons. The molecule has 3 aromatic rings. The summed E-state index contributed by atoms with van der Waals surface area (Å²) < 4.78 is 6.36. The van der Waals surface area contributed by atoms with Gasteiger partial charge in [-0.05, 0) is 42.8 Å². The van der Waals surface area contributed by atoms with Gasteiger partial charge in [-0.15, -0.1) is 0 Å². The summed E-state index contributed by atoms with van der Waals surface area (Å²) in [6.45, 7) is 1.83. The molecule has 0 amide bonds. The fourth-order valence-electron chi connectivity index (χ4n) is 2.80. The standard InChI is InChI=1S/C17H16BrN5O/c18-13-6-4-12(5-7-13)16-21-17(24-22-16)20-14-8-10-23(11-14)15-3-1-2-9-19-15/h1-7,9,14H,8,10-11H2,(H,20,21,22)/t14-/m1/s1. The number of hydrogen-bond donors (Lipinski definition) is 1. The molecule has 0 radical (unpaired) electrons. The predicted octanol–water partition coefficient (Wildman–Crippen LogP) is 3.58. The summed E-state index contributed by atoms with van der Waals surface area (Å²) in [4.78, 5) is 11.1. The molecule has 0 saturated carbocycles. The molecule has 24 heavy (non-hydrogen) atoms. The molecule has 1 aliphatic heterocycles. The highest BCUT2D eigenvalue weighted by Crippen LogP contribution is 2.23. The molecule has 3 heterocycles. The van der Waals surface area contributed by atoms with Crippen LogP contribution in [0.4, 0.5) is 11.8 Å². The Morgan fingerprint density at radius 2 is 2.04 bits per heavy atom. The van der Waals surface area contributed by atoms with Crippen molar-refractivity contribution in [2.75, 3.05) is 23.3 Å². The van der Waals surface area contributed by atoms with Crippen LogP contribution in [0.15, 0.2) is 57.7 Å². The monoisotopic (exact) mass is 385 g/mol. The van der Waals surface area contributed by atoms with Crippen LogP contribution in [-0.4, -0.2) is 34.3 Å². The maximum Gasteiger partial charge on any atom is 0.322 e. The Balaban J connectivity index is 1.41. The Hall–Kier alpha value is -2.41. The van der Waals surface area contributed by atoms with Gasteiger partial charge in [-0.2, -0.15) is 4.98 Å². The van der Waals surface area contributed by atoms with E-state index in [4.69, 9.17) is 4.52 Å². The van der Waals surface area contributed by atoms with Gasteiger partial charge in [-0.1, -0.05) is 27.2 Å². The Morgan fingerprint density at radius 3 is 2.83 bits per heavy atom. The van der Waals surface area contributed by atoms with Crippen molar-refractivity contribution < 1.29 is 4.52 Å². The van der Waals surface area contributed by atoms with Crippen LogP contribution < -0.4 is 10.2 Å². The first-order valence-electron chi connectivity index (χ1n) is 7.80. The van der Waals surface area contributed by atoms with Crippen molar-refractivity contribution in [1.29, 1.82) is 0 Å². The number of aromatic nitrogens is 3. The molecule has 1 N–H and O–H groups in total. The second-order valence-electron chi connectivity index (χ2n) is 5.69. The van der Waals surface area contributed by atoms with Crippen LogP contribution in [0.1, 0.15) is 6.42 Å². The normalized spacial score (nSPS) is 17.2. The molecule has 2 aromatic heterocycles. The van der Waals surface area contributed by atoms with Crippen molar-refractivity contribution in [3.8, 4) is 11.4 Å². The molecule has 1 atom stereocenters. The highest BCUT2D eigenvalue weighted by atomic mass is 79.9. The third-order valence-corrected chi connectivity index (χ3v) is 4.55. The Morgan fingerprint density at radius 1 is 1.17 bits per heavy atom. The molecule has 1 aliphatic rings. The van der Waals surface area contributed by atoms with Gasteiger partial charge in [0.2, 0.25) is 5.82 Å². The van der Waals surface area contributed by atoms with E-state index in [0.29, 0.717) is 11.8 Å². The number of nitrogens with one attached hydrogen (secondary N) is 1. The lowest BCUT2D eigenvalue weighted by Gasteiger charge is -2.17. The number of anilines is 2. The van der Waals surface area contributed by atoms with E-state index < -0.39 is 0 Å². The topological polar surface area (TPSA) is 67.1 Å². The van der Waals surface area contributed by atoms with E-state index in [1.165, 1.54) is 0 Å². The first-order chi connectivity index (χ1) is 11.8. The Bertz CT molecular complexity index is 805. The van der Waals surface area contributed by atoms with E-state index in [0.717, 1.165) is 35.4 Å².